The minimum atomic E-state index is -4.44. The summed E-state index contributed by atoms with van der Waals surface area (Å²) in [6, 6.07) is 4.25. The van der Waals surface area contributed by atoms with Gasteiger partial charge in [-0.25, -0.2) is 4.39 Å². The molecule has 18 heavy (non-hydrogen) atoms. The van der Waals surface area contributed by atoms with E-state index >= 15 is 0 Å². The Morgan fingerprint density at radius 2 is 2.00 bits per heavy atom. The van der Waals surface area contributed by atoms with Gasteiger partial charge in [-0.15, -0.1) is 12.4 Å². The van der Waals surface area contributed by atoms with Gasteiger partial charge in [-0.05, 0) is 24.3 Å². The molecule has 2 N–H and O–H groups in total. The number of benzene rings is 1. The summed E-state index contributed by atoms with van der Waals surface area (Å²) in [4.78, 5) is 0. The molecule has 0 saturated carbocycles. The van der Waals surface area contributed by atoms with Gasteiger partial charge in [0, 0.05) is 6.54 Å². The van der Waals surface area contributed by atoms with Gasteiger partial charge in [0.15, 0.2) is 0 Å². The number of hydrogen-bond donors (Lipinski definition) is 1. The highest BCUT2D eigenvalue weighted by atomic mass is 35.5. The van der Waals surface area contributed by atoms with Gasteiger partial charge in [0.25, 0.3) is 0 Å². The number of hydrogen-bond acceptors (Lipinski definition) is 2. The first-order valence-electron chi connectivity index (χ1n) is 4.78. The van der Waals surface area contributed by atoms with E-state index in [1.807, 2.05) is 0 Å². The molecule has 1 aromatic rings. The van der Waals surface area contributed by atoms with Gasteiger partial charge in [0.1, 0.15) is 18.2 Å². The highest BCUT2D eigenvalue weighted by Gasteiger charge is 2.30. The van der Waals surface area contributed by atoms with Crippen molar-refractivity contribution < 1.29 is 22.3 Å². The standard InChI is InChI=1S/C11H11F4NO.ClH/c12-9(4-5-16)7-17-10-3-1-2-8(6-10)11(13,14)15;/h1-4,6H,5,7,16H2;1H/b9-4+;. The van der Waals surface area contributed by atoms with Crippen LogP contribution < -0.4 is 10.5 Å². The number of alkyl halides is 3. The van der Waals surface area contributed by atoms with E-state index in [1.165, 1.54) is 12.1 Å². The van der Waals surface area contributed by atoms with Crippen LogP contribution in [0.25, 0.3) is 0 Å². The lowest BCUT2D eigenvalue weighted by Crippen LogP contribution is -2.06. The molecular weight excluding hydrogens is 274 g/mol. The van der Waals surface area contributed by atoms with Crippen molar-refractivity contribution in [2.24, 2.45) is 5.73 Å². The van der Waals surface area contributed by atoms with E-state index in [0.29, 0.717) is 0 Å². The van der Waals surface area contributed by atoms with Crippen LogP contribution in [0.2, 0.25) is 0 Å². The Morgan fingerprint density at radius 3 is 2.56 bits per heavy atom. The third-order valence-electron chi connectivity index (χ3n) is 1.88. The highest BCUT2D eigenvalue weighted by Crippen LogP contribution is 2.31. The topological polar surface area (TPSA) is 35.2 Å². The molecule has 0 unspecified atom stereocenters. The van der Waals surface area contributed by atoms with Crippen LogP contribution in [0.4, 0.5) is 17.6 Å². The van der Waals surface area contributed by atoms with Crippen molar-refractivity contribution in [3.8, 4) is 5.75 Å². The Labute approximate surface area is 108 Å². The van der Waals surface area contributed by atoms with Crippen molar-refractivity contribution in [2.45, 2.75) is 6.18 Å². The average molecular weight is 286 g/mol. The van der Waals surface area contributed by atoms with Crippen molar-refractivity contribution in [1.82, 2.24) is 0 Å². The summed E-state index contributed by atoms with van der Waals surface area (Å²) in [5.74, 6) is -0.662. The first-order chi connectivity index (χ1) is 7.93. The third-order valence-corrected chi connectivity index (χ3v) is 1.88. The van der Waals surface area contributed by atoms with Gasteiger partial charge in [0.2, 0.25) is 0 Å². The zero-order valence-corrected chi connectivity index (χ0v) is 10.0. The molecule has 1 rings (SSSR count). The SMILES string of the molecule is Cl.NC/C=C(/F)COc1cccc(C(F)(F)F)c1. The van der Waals surface area contributed by atoms with Gasteiger partial charge in [-0.2, -0.15) is 13.2 Å². The van der Waals surface area contributed by atoms with Gasteiger partial charge < -0.3 is 10.5 Å². The molecule has 0 radical (unpaired) electrons. The van der Waals surface area contributed by atoms with Crippen molar-refractivity contribution in [1.29, 1.82) is 0 Å². The second kappa shape index (κ2) is 7.23. The molecular formula is C11H12ClF4NO. The van der Waals surface area contributed by atoms with Gasteiger partial charge in [-0.3, -0.25) is 0 Å². The van der Waals surface area contributed by atoms with Crippen LogP contribution in [-0.4, -0.2) is 13.2 Å². The second-order valence-electron chi connectivity index (χ2n) is 3.20. The number of ether oxygens (including phenoxy) is 1. The van der Waals surface area contributed by atoms with Crippen LogP contribution in [0.15, 0.2) is 36.2 Å². The van der Waals surface area contributed by atoms with E-state index in [1.54, 1.807) is 0 Å². The molecule has 0 bridgehead atoms. The maximum absolute atomic E-state index is 12.9. The average Bonchev–Trinajstić information content (AvgIpc) is 2.26. The first kappa shape index (κ1) is 16.7. The molecule has 0 aliphatic carbocycles. The zero-order valence-electron chi connectivity index (χ0n) is 9.21. The Hall–Kier alpha value is -1.27. The minimum absolute atomic E-state index is 0. The molecule has 1 aromatic carbocycles. The molecule has 102 valence electrons. The monoisotopic (exact) mass is 285 g/mol. The summed E-state index contributed by atoms with van der Waals surface area (Å²) in [6.45, 7) is -0.420. The Kier molecular flexibility index (Phi) is 6.72. The maximum atomic E-state index is 12.9. The molecule has 0 aliphatic rings. The fourth-order valence-electron chi connectivity index (χ4n) is 1.10. The molecule has 0 amide bonds. The summed E-state index contributed by atoms with van der Waals surface area (Å²) in [7, 11) is 0. The van der Waals surface area contributed by atoms with Crippen molar-refractivity contribution in [3.05, 3.63) is 41.7 Å². The normalized spacial score (nSPS) is 11.9. The second-order valence-corrected chi connectivity index (χ2v) is 3.20. The van der Waals surface area contributed by atoms with E-state index in [-0.39, 0.29) is 24.7 Å². The van der Waals surface area contributed by atoms with Gasteiger partial charge in [0.05, 0.1) is 5.56 Å². The van der Waals surface area contributed by atoms with E-state index in [2.05, 4.69) is 0 Å². The fourth-order valence-corrected chi connectivity index (χ4v) is 1.10. The largest absolute Gasteiger partial charge is 0.487 e. The van der Waals surface area contributed by atoms with E-state index in [4.69, 9.17) is 10.5 Å². The lowest BCUT2D eigenvalue weighted by Gasteiger charge is -2.09. The maximum Gasteiger partial charge on any atom is 0.416 e. The first-order valence-corrected chi connectivity index (χ1v) is 4.78. The number of rotatable bonds is 4. The highest BCUT2D eigenvalue weighted by molar-refractivity contribution is 5.85. The summed E-state index contributed by atoms with van der Waals surface area (Å²) >= 11 is 0. The van der Waals surface area contributed by atoms with Crippen LogP contribution in [0, 0.1) is 0 Å². The summed E-state index contributed by atoms with van der Waals surface area (Å²) < 4.78 is 54.7. The summed E-state index contributed by atoms with van der Waals surface area (Å²) in [6.07, 6.45) is -3.35. The zero-order chi connectivity index (χ0) is 12.9. The molecule has 0 aliphatic heterocycles. The van der Waals surface area contributed by atoms with Crippen LogP contribution in [-0.2, 0) is 6.18 Å². The quantitative estimate of drug-likeness (QED) is 0.861. The van der Waals surface area contributed by atoms with Crippen LogP contribution >= 0.6 is 12.4 Å². The molecule has 0 heterocycles. The van der Waals surface area contributed by atoms with Gasteiger partial charge in [-0.1, -0.05) is 6.07 Å². The lowest BCUT2D eigenvalue weighted by atomic mass is 10.2. The number of halogens is 5. The summed E-state index contributed by atoms with van der Waals surface area (Å²) in [5, 5.41) is 0. The predicted molar refractivity (Wildman–Crippen MR) is 62.4 cm³/mol. The van der Waals surface area contributed by atoms with E-state index in [9.17, 15) is 17.6 Å². The smallest absolute Gasteiger partial charge is 0.416 e. The van der Waals surface area contributed by atoms with Crippen molar-refractivity contribution in [3.63, 3.8) is 0 Å². The molecule has 2 nitrogen and oxygen atoms in total. The molecule has 0 saturated heterocycles. The molecule has 0 spiro atoms. The van der Waals surface area contributed by atoms with Crippen LogP contribution in [0.1, 0.15) is 5.56 Å². The molecule has 0 atom stereocenters. The Morgan fingerprint density at radius 1 is 1.33 bits per heavy atom. The third kappa shape index (κ3) is 5.37. The predicted octanol–water partition coefficient (Wildman–Crippen LogP) is 3.32. The summed E-state index contributed by atoms with van der Waals surface area (Å²) in [5.41, 5.74) is 4.22. The van der Waals surface area contributed by atoms with Crippen molar-refractivity contribution in [2.75, 3.05) is 13.2 Å². The molecule has 0 fully saturated rings. The Bertz CT molecular complexity index is 406. The minimum Gasteiger partial charge on any atom is -0.487 e. The lowest BCUT2D eigenvalue weighted by molar-refractivity contribution is -0.137. The number of nitrogens with two attached hydrogens (primary N) is 1. The van der Waals surface area contributed by atoms with Crippen LogP contribution in [0.3, 0.4) is 0 Å². The van der Waals surface area contributed by atoms with E-state index < -0.39 is 24.2 Å². The van der Waals surface area contributed by atoms with Gasteiger partial charge >= 0.3 is 6.18 Å². The van der Waals surface area contributed by atoms with E-state index in [0.717, 1.165) is 18.2 Å². The van der Waals surface area contributed by atoms with Crippen molar-refractivity contribution >= 4 is 12.4 Å². The molecule has 0 aromatic heterocycles. The molecule has 7 heteroatoms. The fraction of sp³-hybridized carbons (Fsp3) is 0.273. The van der Waals surface area contributed by atoms with Crippen LogP contribution in [0.5, 0.6) is 5.75 Å². The Balaban J connectivity index is 0.00000289.